The van der Waals surface area contributed by atoms with Crippen LogP contribution in [0.25, 0.3) is 0 Å². The minimum Gasteiger partial charge on any atom is -0.466 e. The second kappa shape index (κ2) is 13.6. The zero-order chi connectivity index (χ0) is 30.3. The highest BCUT2D eigenvalue weighted by Crippen LogP contribution is 2.39. The van der Waals surface area contributed by atoms with E-state index >= 15 is 0 Å². The number of rotatable bonds is 7. The number of aliphatic hydroxyl groups is 2. The zero-order valence-corrected chi connectivity index (χ0v) is 25.4. The molecule has 218 valence electrons. The Morgan fingerprint density at radius 3 is 1.90 bits per heavy atom. The molecule has 0 aliphatic heterocycles. The van der Waals surface area contributed by atoms with Crippen molar-refractivity contribution in [2.75, 3.05) is 0 Å². The molecule has 0 spiro atoms. The van der Waals surface area contributed by atoms with Crippen molar-refractivity contribution < 1.29 is 14.9 Å². The van der Waals surface area contributed by atoms with Gasteiger partial charge in [-0.05, 0) is 53.4 Å². The summed E-state index contributed by atoms with van der Waals surface area (Å²) >= 11 is 18.1. The Bertz CT molecular complexity index is 1550. The standard InChI is InChI=1S/C17H12Cl2N2O.C14H18ClN3O2/c18-14-7-5-12(6-8-14)17(22,13-9-20-11-21-10-13)15-3-1-2-4-16(15)19;1-14(2,3)12(19)13(18-9-16-8-17-18)20-11-6-4-10(15)5-7-11/h1-11,22H;4-9,12-13,19H,1-3H3. The van der Waals surface area contributed by atoms with Gasteiger partial charge in [-0.25, -0.2) is 19.6 Å². The van der Waals surface area contributed by atoms with Crippen LogP contribution < -0.4 is 4.74 Å². The van der Waals surface area contributed by atoms with Gasteiger partial charge in [0.1, 0.15) is 36.4 Å². The molecule has 0 radical (unpaired) electrons. The predicted molar refractivity (Wildman–Crippen MR) is 164 cm³/mol. The molecule has 2 heterocycles. The quantitative estimate of drug-likeness (QED) is 0.201. The van der Waals surface area contributed by atoms with Crippen LogP contribution in [0.3, 0.4) is 0 Å². The molecule has 2 aromatic heterocycles. The van der Waals surface area contributed by atoms with Crippen molar-refractivity contribution in [3.8, 4) is 5.75 Å². The molecular formula is C31H30Cl3N5O3. The first-order valence-corrected chi connectivity index (χ1v) is 14.1. The van der Waals surface area contributed by atoms with Crippen LogP contribution >= 0.6 is 34.8 Å². The molecule has 3 atom stereocenters. The highest BCUT2D eigenvalue weighted by Gasteiger charge is 2.36. The number of ether oxygens (including phenoxy) is 1. The average Bonchev–Trinajstić information content (AvgIpc) is 3.52. The highest BCUT2D eigenvalue weighted by atomic mass is 35.5. The fourth-order valence-electron chi connectivity index (χ4n) is 4.10. The SMILES string of the molecule is CC(C)(C)C(O)C(Oc1ccc(Cl)cc1)n1cncn1.OC(c1ccc(Cl)cc1)(c1cncnc1)c1ccccc1Cl. The van der Waals surface area contributed by atoms with E-state index in [0.717, 1.165) is 0 Å². The lowest BCUT2D eigenvalue weighted by Crippen LogP contribution is -2.38. The van der Waals surface area contributed by atoms with Gasteiger partial charge >= 0.3 is 0 Å². The molecule has 0 bridgehead atoms. The maximum Gasteiger partial charge on any atom is 0.219 e. The molecule has 11 heteroatoms. The molecular weight excluding hydrogens is 597 g/mol. The van der Waals surface area contributed by atoms with Gasteiger partial charge in [-0.3, -0.25) is 0 Å². The van der Waals surface area contributed by atoms with Crippen LogP contribution in [0.5, 0.6) is 5.75 Å². The van der Waals surface area contributed by atoms with Crippen molar-refractivity contribution in [1.82, 2.24) is 24.7 Å². The van der Waals surface area contributed by atoms with Crippen LogP contribution in [-0.4, -0.2) is 41.0 Å². The number of benzene rings is 3. The number of hydrogen-bond acceptors (Lipinski definition) is 7. The Labute approximate surface area is 259 Å². The fourth-order valence-corrected chi connectivity index (χ4v) is 4.63. The molecule has 2 N–H and O–H groups in total. The van der Waals surface area contributed by atoms with E-state index in [1.807, 2.05) is 32.9 Å². The third kappa shape index (κ3) is 7.45. The third-order valence-electron chi connectivity index (χ3n) is 6.43. The number of aliphatic hydroxyl groups excluding tert-OH is 1. The highest BCUT2D eigenvalue weighted by molar-refractivity contribution is 6.31. The van der Waals surface area contributed by atoms with Gasteiger partial charge in [0.15, 0.2) is 0 Å². The van der Waals surface area contributed by atoms with Gasteiger partial charge in [-0.15, -0.1) is 0 Å². The maximum atomic E-state index is 11.5. The molecule has 3 aromatic carbocycles. The summed E-state index contributed by atoms with van der Waals surface area (Å²) in [5.74, 6) is 0.609. The van der Waals surface area contributed by atoms with Crippen molar-refractivity contribution in [2.24, 2.45) is 5.41 Å². The van der Waals surface area contributed by atoms with E-state index in [2.05, 4.69) is 20.1 Å². The van der Waals surface area contributed by atoms with E-state index in [4.69, 9.17) is 39.5 Å². The Morgan fingerprint density at radius 1 is 0.762 bits per heavy atom. The summed E-state index contributed by atoms with van der Waals surface area (Å²) in [6.45, 7) is 5.81. The first kappa shape index (κ1) is 31.4. The van der Waals surface area contributed by atoms with Crippen LogP contribution in [0.4, 0.5) is 0 Å². The van der Waals surface area contributed by atoms with E-state index in [0.29, 0.717) is 37.5 Å². The Balaban J connectivity index is 0.000000194. The average molecular weight is 627 g/mol. The van der Waals surface area contributed by atoms with Crippen LogP contribution in [-0.2, 0) is 5.60 Å². The monoisotopic (exact) mass is 625 g/mol. The summed E-state index contributed by atoms with van der Waals surface area (Å²) in [4.78, 5) is 11.9. The Morgan fingerprint density at radius 2 is 1.36 bits per heavy atom. The first-order chi connectivity index (χ1) is 20.0. The molecule has 42 heavy (non-hydrogen) atoms. The van der Waals surface area contributed by atoms with E-state index < -0.39 is 17.9 Å². The van der Waals surface area contributed by atoms with Crippen LogP contribution in [0, 0.1) is 5.41 Å². The summed E-state index contributed by atoms with van der Waals surface area (Å²) in [7, 11) is 0. The normalized spacial score (nSPS) is 14.2. The van der Waals surface area contributed by atoms with E-state index in [1.54, 1.807) is 73.1 Å². The van der Waals surface area contributed by atoms with Crippen LogP contribution in [0.1, 0.15) is 43.7 Å². The topological polar surface area (TPSA) is 106 Å². The van der Waals surface area contributed by atoms with E-state index in [9.17, 15) is 10.2 Å². The van der Waals surface area contributed by atoms with Crippen LogP contribution in [0.15, 0.2) is 104 Å². The minimum atomic E-state index is -1.45. The van der Waals surface area contributed by atoms with Gasteiger partial charge in [0.25, 0.3) is 0 Å². The summed E-state index contributed by atoms with van der Waals surface area (Å²) in [5.41, 5.74) is -0.0771. The second-order valence-electron chi connectivity index (χ2n) is 10.5. The van der Waals surface area contributed by atoms with Gasteiger partial charge in [-0.1, -0.05) is 85.9 Å². The molecule has 0 fully saturated rings. The zero-order valence-electron chi connectivity index (χ0n) is 23.1. The number of hydrogen-bond donors (Lipinski definition) is 2. The molecule has 8 nitrogen and oxygen atoms in total. The van der Waals surface area contributed by atoms with Gasteiger partial charge < -0.3 is 14.9 Å². The number of nitrogens with zero attached hydrogens (tertiary/aromatic N) is 5. The number of aromatic nitrogens is 5. The lowest BCUT2D eigenvalue weighted by Gasteiger charge is -2.32. The molecule has 0 saturated heterocycles. The van der Waals surface area contributed by atoms with E-state index in [1.165, 1.54) is 23.7 Å². The molecule has 0 aliphatic carbocycles. The molecule has 5 aromatic rings. The smallest absolute Gasteiger partial charge is 0.219 e. The predicted octanol–water partition coefficient (Wildman–Crippen LogP) is 6.98. The molecule has 3 unspecified atom stereocenters. The van der Waals surface area contributed by atoms with Crippen LogP contribution in [0.2, 0.25) is 15.1 Å². The molecule has 0 saturated carbocycles. The molecule has 0 aliphatic rings. The second-order valence-corrected chi connectivity index (χ2v) is 11.8. The maximum absolute atomic E-state index is 11.5. The van der Waals surface area contributed by atoms with E-state index in [-0.39, 0.29) is 5.41 Å². The summed E-state index contributed by atoms with van der Waals surface area (Å²) in [6, 6.07) is 21.1. The van der Waals surface area contributed by atoms with Gasteiger partial charge in [-0.2, -0.15) is 5.10 Å². The lowest BCUT2D eigenvalue weighted by atomic mass is 9.81. The van der Waals surface area contributed by atoms with Gasteiger partial charge in [0, 0.05) is 38.6 Å². The third-order valence-corrected chi connectivity index (χ3v) is 7.26. The largest absolute Gasteiger partial charge is 0.466 e. The Kier molecular flexibility index (Phi) is 10.2. The summed E-state index contributed by atoms with van der Waals surface area (Å²) in [5, 5.41) is 27.7. The first-order valence-electron chi connectivity index (χ1n) is 12.9. The van der Waals surface area contributed by atoms with Crippen molar-refractivity contribution in [1.29, 1.82) is 0 Å². The van der Waals surface area contributed by atoms with Crippen molar-refractivity contribution in [2.45, 2.75) is 38.7 Å². The summed E-state index contributed by atoms with van der Waals surface area (Å²) in [6.07, 6.45) is 6.09. The van der Waals surface area contributed by atoms with Gasteiger partial charge in [0.05, 0.1) is 0 Å². The van der Waals surface area contributed by atoms with Crippen molar-refractivity contribution in [3.63, 3.8) is 0 Å². The Hall–Kier alpha value is -3.53. The molecule has 0 amide bonds. The van der Waals surface area contributed by atoms with Gasteiger partial charge in [0.2, 0.25) is 6.23 Å². The molecule has 5 rings (SSSR count). The summed E-state index contributed by atoms with van der Waals surface area (Å²) < 4.78 is 7.36. The van der Waals surface area contributed by atoms with Crippen molar-refractivity contribution >= 4 is 34.8 Å². The number of halogens is 3. The lowest BCUT2D eigenvalue weighted by molar-refractivity contribution is -0.0731. The fraction of sp³-hybridized carbons (Fsp3) is 0.226. The van der Waals surface area contributed by atoms with Crippen molar-refractivity contribution in [3.05, 3.63) is 136 Å². The minimum absolute atomic E-state index is 0.358.